The third-order valence-electron chi connectivity index (χ3n) is 6.25. The lowest BCUT2D eigenvalue weighted by Crippen LogP contribution is -1.87. The van der Waals surface area contributed by atoms with Crippen molar-refractivity contribution in [2.24, 2.45) is 0 Å². The topological polar surface area (TPSA) is 13.1 Å². The van der Waals surface area contributed by atoms with E-state index in [-0.39, 0.29) is 18.1 Å². The molecule has 1 nitrogen and oxygen atoms in total. The summed E-state index contributed by atoms with van der Waals surface area (Å²) < 4.78 is 34.5. The number of hydrogen-bond acceptors (Lipinski definition) is 1. The normalized spacial score (nSPS) is 13.2. The minimum atomic E-state index is 0.00219. The lowest BCUT2D eigenvalue weighted by molar-refractivity contribution is 0.672. The molecule has 2 heteroatoms. The second-order valence-corrected chi connectivity index (χ2v) is 8.79. The molecule has 0 amide bonds. The highest BCUT2D eigenvalue weighted by atomic mass is 79.9. The first kappa shape index (κ1) is 15.2. The average Bonchev–Trinajstić information content (AvgIpc) is 3.30. The van der Waals surface area contributed by atoms with Crippen LogP contribution in [0, 0.1) is 0 Å². The Hall–Kier alpha value is -3.62. The van der Waals surface area contributed by atoms with Gasteiger partial charge in [0, 0.05) is 20.6 Å². The standard InChI is InChI=1S/C30H17BrO/c31-29-23-11-5-3-9-21(23)28(22-10-4-6-12-24(22)29)19-14-16-27-26(17-19)25-15-13-18-7-1-2-8-20(18)30(25)32-27/h1-17H/i14D,16D,17D. The van der Waals surface area contributed by atoms with E-state index in [0.717, 1.165) is 47.7 Å². The van der Waals surface area contributed by atoms with Crippen LogP contribution < -0.4 is 0 Å². The molecule has 0 atom stereocenters. The maximum absolute atomic E-state index is 9.35. The molecule has 7 aromatic rings. The quantitative estimate of drug-likeness (QED) is 0.215. The molecule has 0 aliphatic heterocycles. The first-order valence-electron chi connectivity index (χ1n) is 12.0. The van der Waals surface area contributed by atoms with Crippen molar-refractivity contribution in [3.05, 3.63) is 108 Å². The van der Waals surface area contributed by atoms with Gasteiger partial charge in [0.25, 0.3) is 0 Å². The molecule has 1 aromatic heterocycles. The summed E-state index contributed by atoms with van der Waals surface area (Å²) in [6, 6.07) is 28.2. The van der Waals surface area contributed by atoms with E-state index in [1.807, 2.05) is 84.9 Å². The van der Waals surface area contributed by atoms with Crippen molar-refractivity contribution >= 4 is 70.2 Å². The fourth-order valence-corrected chi connectivity index (χ4v) is 5.47. The van der Waals surface area contributed by atoms with E-state index in [1.165, 1.54) is 0 Å². The molecule has 0 radical (unpaired) electrons. The molecule has 0 unspecified atom stereocenters. The Kier molecular flexibility index (Phi) is 3.18. The summed E-state index contributed by atoms with van der Waals surface area (Å²) in [5, 5.41) is 7.25. The van der Waals surface area contributed by atoms with Gasteiger partial charge >= 0.3 is 0 Å². The fraction of sp³-hybridized carbons (Fsp3) is 0. The Morgan fingerprint density at radius 1 is 0.594 bits per heavy atom. The van der Waals surface area contributed by atoms with E-state index in [1.54, 1.807) is 0 Å². The van der Waals surface area contributed by atoms with E-state index >= 15 is 0 Å². The van der Waals surface area contributed by atoms with Crippen LogP contribution in [-0.4, -0.2) is 0 Å². The summed E-state index contributed by atoms with van der Waals surface area (Å²) in [5.41, 5.74) is 2.21. The number of rotatable bonds is 1. The van der Waals surface area contributed by atoms with E-state index in [4.69, 9.17) is 7.16 Å². The summed E-state index contributed by atoms with van der Waals surface area (Å²) in [6.07, 6.45) is 0. The molecule has 0 fully saturated rings. The van der Waals surface area contributed by atoms with E-state index in [0.29, 0.717) is 22.1 Å². The monoisotopic (exact) mass is 475 g/mol. The van der Waals surface area contributed by atoms with Crippen LogP contribution in [0.15, 0.2) is 112 Å². The number of halogens is 1. The summed E-state index contributed by atoms with van der Waals surface area (Å²) in [7, 11) is 0. The van der Waals surface area contributed by atoms with Gasteiger partial charge in [-0.25, -0.2) is 0 Å². The lowest BCUT2D eigenvalue weighted by Gasteiger charge is -2.14. The Morgan fingerprint density at radius 3 is 1.94 bits per heavy atom. The lowest BCUT2D eigenvalue weighted by atomic mass is 9.91. The highest BCUT2D eigenvalue weighted by molar-refractivity contribution is 9.10. The van der Waals surface area contributed by atoms with Crippen molar-refractivity contribution in [3.8, 4) is 11.1 Å². The van der Waals surface area contributed by atoms with Crippen LogP contribution in [0.3, 0.4) is 0 Å². The molecule has 0 spiro atoms. The van der Waals surface area contributed by atoms with Gasteiger partial charge in [0.2, 0.25) is 0 Å². The largest absolute Gasteiger partial charge is 0.455 e. The first-order chi connectivity index (χ1) is 17.1. The van der Waals surface area contributed by atoms with Crippen molar-refractivity contribution < 1.29 is 8.53 Å². The molecule has 32 heavy (non-hydrogen) atoms. The van der Waals surface area contributed by atoms with Crippen molar-refractivity contribution in [2.75, 3.05) is 0 Å². The zero-order valence-electron chi connectivity index (χ0n) is 19.9. The molecular formula is C30H17BrO. The highest BCUT2D eigenvalue weighted by Gasteiger charge is 2.16. The minimum Gasteiger partial charge on any atom is -0.455 e. The molecule has 0 aliphatic rings. The van der Waals surface area contributed by atoms with Crippen LogP contribution in [0.5, 0.6) is 0 Å². The van der Waals surface area contributed by atoms with Crippen LogP contribution in [0.25, 0.3) is 65.4 Å². The first-order valence-corrected chi connectivity index (χ1v) is 11.3. The minimum absolute atomic E-state index is 0.00219. The molecule has 7 rings (SSSR count). The number of benzene rings is 6. The van der Waals surface area contributed by atoms with Crippen LogP contribution in [-0.2, 0) is 0 Å². The summed E-state index contributed by atoms with van der Waals surface area (Å²) in [4.78, 5) is 0. The Labute approximate surface area is 197 Å². The van der Waals surface area contributed by atoms with Crippen LogP contribution >= 0.6 is 15.9 Å². The third-order valence-corrected chi connectivity index (χ3v) is 7.10. The maximum Gasteiger partial charge on any atom is 0.143 e. The molecular weight excluding hydrogens is 456 g/mol. The van der Waals surface area contributed by atoms with Crippen LogP contribution in [0.4, 0.5) is 0 Å². The molecule has 150 valence electrons. The van der Waals surface area contributed by atoms with Gasteiger partial charge in [-0.3, -0.25) is 0 Å². The van der Waals surface area contributed by atoms with E-state index in [9.17, 15) is 1.37 Å². The fourth-order valence-electron chi connectivity index (χ4n) is 4.78. The number of hydrogen-bond donors (Lipinski definition) is 0. The third kappa shape index (κ3) is 2.44. The Balaban J connectivity index is 1.72. The summed E-state index contributed by atoms with van der Waals surface area (Å²) in [6.45, 7) is 0. The van der Waals surface area contributed by atoms with Crippen LogP contribution in [0.1, 0.15) is 4.11 Å². The average molecular weight is 476 g/mol. The predicted octanol–water partition coefficient (Wildman–Crippen LogP) is 9.48. The summed E-state index contributed by atoms with van der Waals surface area (Å²) >= 11 is 3.78. The van der Waals surface area contributed by atoms with Gasteiger partial charge in [-0.1, -0.05) is 84.9 Å². The van der Waals surface area contributed by atoms with Gasteiger partial charge in [-0.05, 0) is 72.1 Å². The highest BCUT2D eigenvalue weighted by Crippen LogP contribution is 2.43. The van der Waals surface area contributed by atoms with Crippen molar-refractivity contribution in [1.29, 1.82) is 0 Å². The molecule has 6 aromatic carbocycles. The van der Waals surface area contributed by atoms with E-state index in [2.05, 4.69) is 15.9 Å². The molecule has 0 aliphatic carbocycles. The Morgan fingerprint density at radius 2 is 1.22 bits per heavy atom. The number of fused-ring (bicyclic) bond motifs is 7. The smallest absolute Gasteiger partial charge is 0.143 e. The molecule has 0 saturated heterocycles. The van der Waals surface area contributed by atoms with Gasteiger partial charge in [0.05, 0.1) is 4.11 Å². The second-order valence-electron chi connectivity index (χ2n) is 8.00. The number of furan rings is 1. The van der Waals surface area contributed by atoms with Gasteiger partial charge in [0.1, 0.15) is 11.2 Å². The van der Waals surface area contributed by atoms with Crippen molar-refractivity contribution in [3.63, 3.8) is 0 Å². The van der Waals surface area contributed by atoms with Gasteiger partial charge in [-0.2, -0.15) is 0 Å². The molecule has 1 heterocycles. The SMILES string of the molecule is [2H]c1c(-c2c3ccccc3c(Br)c3ccccc23)c([2H])c2c(oc3c4ccccc4ccc32)c1[2H]. The zero-order chi connectivity index (χ0) is 23.8. The van der Waals surface area contributed by atoms with Gasteiger partial charge in [-0.15, -0.1) is 0 Å². The van der Waals surface area contributed by atoms with Crippen molar-refractivity contribution in [1.82, 2.24) is 0 Å². The predicted molar refractivity (Wildman–Crippen MR) is 139 cm³/mol. The zero-order valence-corrected chi connectivity index (χ0v) is 18.5. The van der Waals surface area contributed by atoms with Gasteiger partial charge < -0.3 is 4.42 Å². The molecule has 0 saturated carbocycles. The van der Waals surface area contributed by atoms with Gasteiger partial charge in [0.15, 0.2) is 0 Å². The second kappa shape index (κ2) is 6.69. The maximum atomic E-state index is 9.35. The van der Waals surface area contributed by atoms with Crippen molar-refractivity contribution in [2.45, 2.75) is 0 Å². The molecule has 0 bridgehead atoms. The van der Waals surface area contributed by atoms with E-state index < -0.39 is 0 Å². The molecule has 0 N–H and O–H groups in total. The van der Waals surface area contributed by atoms with Crippen LogP contribution in [0.2, 0.25) is 0 Å². The summed E-state index contributed by atoms with van der Waals surface area (Å²) in [5.74, 6) is 0. The Bertz CT molecular complexity index is 1950.